The predicted octanol–water partition coefficient (Wildman–Crippen LogP) is 3.54. The monoisotopic (exact) mass is 367 g/mol. The van der Waals surface area contributed by atoms with E-state index in [4.69, 9.17) is 4.74 Å². The Hall–Kier alpha value is -3.15. The second-order valence-electron chi connectivity index (χ2n) is 6.43. The Labute approximate surface area is 157 Å². The zero-order valence-corrected chi connectivity index (χ0v) is 15.5. The van der Waals surface area contributed by atoms with Gasteiger partial charge in [-0.05, 0) is 32.0 Å². The van der Waals surface area contributed by atoms with Crippen molar-refractivity contribution in [3.8, 4) is 5.75 Å². The number of carbonyl (C=O) groups is 1. The number of nitrogens with zero attached hydrogens (tertiary/aromatic N) is 2. The third-order valence-electron chi connectivity index (χ3n) is 4.32. The molecular formula is C21H22FN3O2. The van der Waals surface area contributed by atoms with E-state index in [1.165, 1.54) is 6.07 Å². The molecule has 0 unspecified atom stereocenters. The van der Waals surface area contributed by atoms with Gasteiger partial charge in [-0.25, -0.2) is 9.37 Å². The van der Waals surface area contributed by atoms with Crippen molar-refractivity contribution in [2.24, 2.45) is 7.05 Å². The van der Waals surface area contributed by atoms with Crippen molar-refractivity contribution in [2.75, 3.05) is 0 Å². The summed E-state index contributed by atoms with van der Waals surface area (Å²) in [4.78, 5) is 17.0. The highest BCUT2D eigenvalue weighted by Crippen LogP contribution is 2.23. The maximum absolute atomic E-state index is 14.4. The van der Waals surface area contributed by atoms with E-state index in [9.17, 15) is 9.18 Å². The maximum Gasteiger partial charge on any atom is 0.261 e. The highest BCUT2D eigenvalue weighted by atomic mass is 19.1. The number of benzene rings is 2. The van der Waals surface area contributed by atoms with Gasteiger partial charge in [0.2, 0.25) is 0 Å². The number of amides is 1. The molecule has 3 rings (SSSR count). The van der Waals surface area contributed by atoms with Gasteiger partial charge < -0.3 is 14.6 Å². The van der Waals surface area contributed by atoms with E-state index < -0.39 is 18.0 Å². The molecule has 0 bridgehead atoms. The first-order valence-electron chi connectivity index (χ1n) is 8.71. The number of aromatic nitrogens is 2. The molecule has 1 amide bonds. The molecule has 1 aromatic heterocycles. The number of nitrogens with one attached hydrogen (secondary N) is 1. The lowest BCUT2D eigenvalue weighted by Gasteiger charge is -2.22. The Bertz CT molecular complexity index is 921. The lowest BCUT2D eigenvalue weighted by molar-refractivity contribution is -0.127. The van der Waals surface area contributed by atoms with Gasteiger partial charge in [-0.3, -0.25) is 4.79 Å². The largest absolute Gasteiger partial charge is 0.481 e. The van der Waals surface area contributed by atoms with Crippen molar-refractivity contribution in [1.29, 1.82) is 0 Å². The Morgan fingerprint density at radius 3 is 2.52 bits per heavy atom. The summed E-state index contributed by atoms with van der Waals surface area (Å²) in [5, 5.41) is 2.86. The minimum absolute atomic E-state index is 0.350. The molecule has 140 valence electrons. The Morgan fingerprint density at radius 1 is 1.19 bits per heavy atom. The number of aryl methyl sites for hydroxylation is 2. The standard InChI is InChI=1S/C21H22FN3O2/c1-14-8-10-16(11-9-14)27-15(2)21(26)24-19(20-23-12-13-25(20)3)17-6-4-5-7-18(17)22/h4-13,15,19H,1-3H3,(H,24,26)/t15-,19+/m0/s1. The number of hydrogen-bond acceptors (Lipinski definition) is 3. The molecule has 0 saturated heterocycles. The van der Waals surface area contributed by atoms with Crippen molar-refractivity contribution in [1.82, 2.24) is 14.9 Å². The van der Waals surface area contributed by atoms with Crippen LogP contribution in [0.25, 0.3) is 0 Å². The van der Waals surface area contributed by atoms with E-state index in [1.807, 2.05) is 31.2 Å². The van der Waals surface area contributed by atoms with Gasteiger partial charge in [0.1, 0.15) is 23.4 Å². The Morgan fingerprint density at radius 2 is 1.89 bits per heavy atom. The first-order valence-corrected chi connectivity index (χ1v) is 8.71. The fourth-order valence-corrected chi connectivity index (χ4v) is 2.78. The second-order valence-corrected chi connectivity index (χ2v) is 6.43. The summed E-state index contributed by atoms with van der Waals surface area (Å²) in [5.41, 5.74) is 1.46. The lowest BCUT2D eigenvalue weighted by atomic mass is 10.0. The Balaban J connectivity index is 1.81. The molecule has 0 radical (unpaired) electrons. The number of imidazole rings is 1. The molecule has 5 nitrogen and oxygen atoms in total. The summed E-state index contributed by atoms with van der Waals surface area (Å²) < 4.78 is 21.8. The molecule has 2 atom stereocenters. The summed E-state index contributed by atoms with van der Waals surface area (Å²) in [6.45, 7) is 3.64. The molecule has 0 saturated carbocycles. The quantitative estimate of drug-likeness (QED) is 0.725. The van der Waals surface area contributed by atoms with E-state index >= 15 is 0 Å². The second kappa shape index (κ2) is 8.03. The summed E-state index contributed by atoms with van der Waals surface area (Å²) in [6, 6.07) is 13.1. The SMILES string of the molecule is Cc1ccc(O[C@@H](C)C(=O)N[C@H](c2ccccc2F)c2nccn2C)cc1. The molecule has 0 fully saturated rings. The summed E-state index contributed by atoms with van der Waals surface area (Å²) in [7, 11) is 1.80. The molecule has 2 aromatic carbocycles. The fourth-order valence-electron chi connectivity index (χ4n) is 2.78. The van der Waals surface area contributed by atoms with Crippen LogP contribution in [0.3, 0.4) is 0 Å². The normalized spacial score (nSPS) is 13.0. The van der Waals surface area contributed by atoms with Gasteiger partial charge in [-0.1, -0.05) is 35.9 Å². The minimum Gasteiger partial charge on any atom is -0.481 e. The van der Waals surface area contributed by atoms with Crippen LogP contribution in [0.15, 0.2) is 60.9 Å². The minimum atomic E-state index is -0.748. The lowest BCUT2D eigenvalue weighted by Crippen LogP contribution is -2.40. The van der Waals surface area contributed by atoms with Crippen molar-refractivity contribution < 1.29 is 13.9 Å². The fraction of sp³-hybridized carbons (Fsp3) is 0.238. The van der Waals surface area contributed by atoms with E-state index in [-0.39, 0.29) is 5.91 Å². The van der Waals surface area contributed by atoms with Crippen LogP contribution in [-0.4, -0.2) is 21.6 Å². The van der Waals surface area contributed by atoms with Crippen LogP contribution in [-0.2, 0) is 11.8 Å². The summed E-state index contributed by atoms with van der Waals surface area (Å²) >= 11 is 0. The molecule has 3 aromatic rings. The summed E-state index contributed by atoms with van der Waals surface area (Å²) in [6.07, 6.45) is 2.62. The molecule has 0 aliphatic rings. The average molecular weight is 367 g/mol. The number of ether oxygens (including phenoxy) is 1. The predicted molar refractivity (Wildman–Crippen MR) is 101 cm³/mol. The van der Waals surface area contributed by atoms with Gasteiger partial charge in [0.15, 0.2) is 6.10 Å². The number of hydrogen-bond donors (Lipinski definition) is 1. The molecule has 0 spiro atoms. The van der Waals surface area contributed by atoms with Gasteiger partial charge in [0.25, 0.3) is 5.91 Å². The van der Waals surface area contributed by atoms with Crippen molar-refractivity contribution >= 4 is 5.91 Å². The molecular weight excluding hydrogens is 345 g/mol. The molecule has 1 N–H and O–H groups in total. The summed E-state index contributed by atoms with van der Waals surface area (Å²) in [5.74, 6) is 0.378. The number of halogens is 1. The molecule has 1 heterocycles. The van der Waals surface area contributed by atoms with Crippen LogP contribution < -0.4 is 10.1 Å². The van der Waals surface area contributed by atoms with Crippen LogP contribution in [0.1, 0.15) is 29.9 Å². The Kier molecular flexibility index (Phi) is 5.54. The van der Waals surface area contributed by atoms with Crippen LogP contribution >= 0.6 is 0 Å². The van der Waals surface area contributed by atoms with Crippen LogP contribution in [0.4, 0.5) is 4.39 Å². The van der Waals surface area contributed by atoms with Gasteiger partial charge >= 0.3 is 0 Å². The van der Waals surface area contributed by atoms with Gasteiger partial charge in [0, 0.05) is 25.0 Å². The zero-order valence-electron chi connectivity index (χ0n) is 15.5. The molecule has 0 aliphatic carbocycles. The van der Waals surface area contributed by atoms with Crippen LogP contribution in [0, 0.1) is 12.7 Å². The number of rotatable bonds is 6. The zero-order chi connectivity index (χ0) is 19.4. The molecule has 0 aliphatic heterocycles. The van der Waals surface area contributed by atoms with Crippen molar-refractivity contribution in [2.45, 2.75) is 26.0 Å². The van der Waals surface area contributed by atoms with Crippen molar-refractivity contribution in [3.05, 3.63) is 83.7 Å². The van der Waals surface area contributed by atoms with Gasteiger partial charge in [0.05, 0.1) is 0 Å². The maximum atomic E-state index is 14.4. The van der Waals surface area contributed by atoms with Crippen LogP contribution in [0.2, 0.25) is 0 Å². The van der Waals surface area contributed by atoms with Gasteiger partial charge in [-0.2, -0.15) is 0 Å². The highest BCUT2D eigenvalue weighted by molar-refractivity contribution is 5.81. The first kappa shape index (κ1) is 18.6. The highest BCUT2D eigenvalue weighted by Gasteiger charge is 2.26. The smallest absolute Gasteiger partial charge is 0.261 e. The van der Waals surface area contributed by atoms with Gasteiger partial charge in [-0.15, -0.1) is 0 Å². The van der Waals surface area contributed by atoms with E-state index in [0.29, 0.717) is 17.1 Å². The molecule has 6 heteroatoms. The van der Waals surface area contributed by atoms with E-state index in [0.717, 1.165) is 5.56 Å². The topological polar surface area (TPSA) is 56.1 Å². The van der Waals surface area contributed by atoms with Crippen LogP contribution in [0.5, 0.6) is 5.75 Å². The third-order valence-corrected chi connectivity index (χ3v) is 4.32. The van der Waals surface area contributed by atoms with Crippen molar-refractivity contribution in [3.63, 3.8) is 0 Å². The average Bonchev–Trinajstić information content (AvgIpc) is 3.08. The third kappa shape index (κ3) is 4.34. The number of carbonyl (C=O) groups excluding carboxylic acids is 1. The first-order chi connectivity index (χ1) is 13.0. The van der Waals surface area contributed by atoms with E-state index in [2.05, 4.69) is 10.3 Å². The molecule has 27 heavy (non-hydrogen) atoms. The van der Waals surface area contributed by atoms with E-state index in [1.54, 1.807) is 49.1 Å².